The van der Waals surface area contributed by atoms with Crippen LogP contribution in [0, 0.1) is 5.21 Å². The summed E-state index contributed by atoms with van der Waals surface area (Å²) in [4.78, 5) is 13.9. The van der Waals surface area contributed by atoms with Crippen LogP contribution in [0.2, 0.25) is 0 Å². The Hall–Kier alpha value is -0.650. The van der Waals surface area contributed by atoms with Crippen LogP contribution in [-0.2, 0) is 9.63 Å². The normalized spacial score (nSPS) is 22.7. The quantitative estimate of drug-likeness (QED) is 0.415. The van der Waals surface area contributed by atoms with Crippen LogP contribution in [0.1, 0.15) is 0 Å². The van der Waals surface area contributed by atoms with Crippen molar-refractivity contribution in [2.45, 2.75) is 0 Å². The Bertz CT molecular complexity index is 92.9. The van der Waals surface area contributed by atoms with E-state index in [0.717, 1.165) is 0 Å². The van der Waals surface area contributed by atoms with Crippen molar-refractivity contribution >= 4 is 5.97 Å². The molecule has 0 amide bonds. The lowest BCUT2D eigenvalue weighted by molar-refractivity contribution is -0.143. The Kier molecular flexibility index (Phi) is 0.935. The molecule has 5 nitrogen and oxygen atoms in total. The lowest BCUT2D eigenvalue weighted by atomic mass is 10.7. The van der Waals surface area contributed by atoms with Crippen molar-refractivity contribution in [2.24, 2.45) is 0 Å². The summed E-state index contributed by atoms with van der Waals surface area (Å²) in [5.41, 5.74) is 1.80. The first kappa shape index (κ1) is 4.51. The molecule has 40 valence electrons. The average Bonchev–Trinajstić information content (AvgIpc) is 1.87. The first-order valence-electron chi connectivity index (χ1n) is 1.69. The van der Waals surface area contributed by atoms with Crippen LogP contribution in [0.5, 0.6) is 0 Å². The van der Waals surface area contributed by atoms with Gasteiger partial charge in [-0.15, -0.1) is 0 Å². The zero-order valence-electron chi connectivity index (χ0n) is 3.38. The molecule has 0 bridgehead atoms. The number of nitrogens with zero attached hydrogens (tertiary/aromatic N) is 1. The number of hydrogen-bond acceptors (Lipinski definition) is 5. The van der Waals surface area contributed by atoms with Gasteiger partial charge in [-0.25, -0.2) is 4.79 Å². The number of hydrazine groups is 1. The predicted molar refractivity (Wildman–Crippen MR) is 19.3 cm³/mol. The van der Waals surface area contributed by atoms with E-state index in [1.165, 1.54) is 0 Å². The second-order valence-corrected chi connectivity index (χ2v) is 1.10. The third kappa shape index (κ3) is 0.861. The summed E-state index contributed by atoms with van der Waals surface area (Å²) < 4.78 is 0. The Morgan fingerprint density at radius 2 is 2.71 bits per heavy atom. The fraction of sp³-hybridized carbons (Fsp3) is 0.500. The molecule has 5 heteroatoms. The highest BCUT2D eigenvalue weighted by molar-refractivity contribution is 5.72. The minimum Gasteiger partial charge on any atom is -0.769 e. The number of carbonyl (C=O) groups excluding carboxylic acids is 1. The molecular weight excluding hydrogens is 100 g/mol. The minimum absolute atomic E-state index is 0.222. The van der Waals surface area contributed by atoms with E-state index < -0.39 is 5.97 Å². The smallest absolute Gasteiger partial charge is 0.340 e. The third-order valence-corrected chi connectivity index (χ3v) is 0.534. The van der Waals surface area contributed by atoms with Crippen molar-refractivity contribution in [1.82, 2.24) is 10.8 Å². The fourth-order valence-corrected chi connectivity index (χ4v) is 0.284. The number of carbonyl (C=O) groups is 1. The van der Waals surface area contributed by atoms with Crippen molar-refractivity contribution in [3.8, 4) is 0 Å². The molecule has 1 aliphatic rings. The van der Waals surface area contributed by atoms with E-state index >= 15 is 0 Å². The second kappa shape index (κ2) is 1.45. The van der Waals surface area contributed by atoms with Crippen molar-refractivity contribution in [3.05, 3.63) is 5.21 Å². The van der Waals surface area contributed by atoms with Gasteiger partial charge >= 0.3 is 5.97 Å². The van der Waals surface area contributed by atoms with Gasteiger partial charge in [0, 0.05) is 0 Å². The van der Waals surface area contributed by atoms with Crippen molar-refractivity contribution in [3.63, 3.8) is 0 Å². The van der Waals surface area contributed by atoms with Crippen molar-refractivity contribution in [2.75, 3.05) is 6.54 Å². The predicted octanol–water partition coefficient (Wildman–Crippen LogP) is -1.24. The Labute approximate surface area is 39.4 Å². The van der Waals surface area contributed by atoms with Crippen LogP contribution in [-0.4, -0.2) is 17.7 Å². The van der Waals surface area contributed by atoms with Crippen LogP contribution < -0.4 is 5.59 Å². The Balaban J connectivity index is 2.40. The summed E-state index contributed by atoms with van der Waals surface area (Å²) in [6.07, 6.45) is 0. The Morgan fingerprint density at radius 1 is 2.00 bits per heavy atom. The summed E-state index contributed by atoms with van der Waals surface area (Å²) in [5, 5.41) is 10.2. The van der Waals surface area contributed by atoms with Crippen molar-refractivity contribution in [1.29, 1.82) is 0 Å². The summed E-state index contributed by atoms with van der Waals surface area (Å²) in [5.74, 6) is -0.546. The highest BCUT2D eigenvalue weighted by Crippen LogP contribution is 1.88. The highest BCUT2D eigenvalue weighted by Gasteiger charge is 2.10. The maximum absolute atomic E-state index is 9.93. The molecular formula is C2H3N2O3-. The van der Waals surface area contributed by atoms with E-state index in [1.54, 1.807) is 5.59 Å². The van der Waals surface area contributed by atoms with Crippen LogP contribution in [0.3, 0.4) is 0 Å². The molecule has 0 spiro atoms. The second-order valence-electron chi connectivity index (χ2n) is 1.10. The molecule has 1 aliphatic heterocycles. The standard InChI is InChI=1S/C2H3N2O3/c5-2-1-4(6)3-7-2/h3H,1H2/q-1. The van der Waals surface area contributed by atoms with Gasteiger partial charge in [-0.05, 0) is 0 Å². The molecule has 0 unspecified atom stereocenters. The zero-order chi connectivity index (χ0) is 5.28. The van der Waals surface area contributed by atoms with Crippen LogP contribution in [0.4, 0.5) is 0 Å². The third-order valence-electron chi connectivity index (χ3n) is 0.534. The maximum atomic E-state index is 9.93. The molecule has 1 rings (SSSR count). The topological polar surface area (TPSA) is 64.6 Å². The molecule has 0 radical (unpaired) electrons. The molecule has 1 fully saturated rings. The van der Waals surface area contributed by atoms with Crippen LogP contribution in [0.15, 0.2) is 0 Å². The number of hydrogen-bond donors (Lipinski definition) is 1. The molecule has 0 atom stereocenters. The van der Waals surface area contributed by atoms with E-state index in [0.29, 0.717) is 5.17 Å². The van der Waals surface area contributed by atoms with Gasteiger partial charge in [0.25, 0.3) is 0 Å². The molecule has 0 aliphatic carbocycles. The number of rotatable bonds is 0. The largest absolute Gasteiger partial charge is 0.769 e. The van der Waals surface area contributed by atoms with E-state index in [9.17, 15) is 10.0 Å². The van der Waals surface area contributed by atoms with E-state index in [1.807, 2.05) is 0 Å². The Morgan fingerprint density at radius 3 is 2.86 bits per heavy atom. The molecule has 1 heterocycles. The first-order valence-corrected chi connectivity index (χ1v) is 1.69. The lowest BCUT2D eigenvalue weighted by Crippen LogP contribution is -2.22. The van der Waals surface area contributed by atoms with Crippen LogP contribution in [0.25, 0.3) is 0 Å². The van der Waals surface area contributed by atoms with Gasteiger partial charge in [0.2, 0.25) is 0 Å². The molecule has 0 aromatic rings. The van der Waals surface area contributed by atoms with E-state index in [4.69, 9.17) is 0 Å². The van der Waals surface area contributed by atoms with Gasteiger partial charge in [-0.2, -0.15) is 0 Å². The summed E-state index contributed by atoms with van der Waals surface area (Å²) in [7, 11) is 0. The highest BCUT2D eigenvalue weighted by atomic mass is 16.8. The van der Waals surface area contributed by atoms with E-state index in [-0.39, 0.29) is 6.54 Å². The average molecular weight is 103 g/mol. The van der Waals surface area contributed by atoms with Gasteiger partial charge in [0.1, 0.15) is 6.54 Å². The molecule has 0 aromatic heterocycles. The fourth-order valence-electron chi connectivity index (χ4n) is 0.284. The molecule has 1 saturated heterocycles. The maximum Gasteiger partial charge on any atom is 0.340 e. The SMILES string of the molecule is O=C1CN([O-])NO1. The van der Waals surface area contributed by atoms with Crippen LogP contribution >= 0.6 is 0 Å². The minimum atomic E-state index is -0.546. The molecule has 0 aromatic carbocycles. The molecule has 1 N–H and O–H groups in total. The summed E-state index contributed by atoms with van der Waals surface area (Å²) in [6.45, 7) is -0.222. The monoisotopic (exact) mass is 103 g/mol. The van der Waals surface area contributed by atoms with Crippen molar-refractivity contribution < 1.29 is 9.63 Å². The summed E-state index contributed by atoms with van der Waals surface area (Å²) in [6, 6.07) is 0. The number of nitrogens with one attached hydrogen (secondary N) is 1. The first-order chi connectivity index (χ1) is 3.29. The van der Waals surface area contributed by atoms with Gasteiger partial charge in [-0.1, -0.05) is 5.59 Å². The molecule has 7 heavy (non-hydrogen) atoms. The van der Waals surface area contributed by atoms with Gasteiger partial charge in [0.05, 0.1) is 0 Å². The van der Waals surface area contributed by atoms with Gasteiger partial charge in [0.15, 0.2) is 0 Å². The van der Waals surface area contributed by atoms with Gasteiger partial charge < -0.3 is 10.0 Å². The lowest BCUT2D eigenvalue weighted by Gasteiger charge is -2.13. The van der Waals surface area contributed by atoms with E-state index in [2.05, 4.69) is 4.84 Å². The molecule has 0 saturated carbocycles. The van der Waals surface area contributed by atoms with Gasteiger partial charge in [-0.3, -0.25) is 5.17 Å². The summed E-state index contributed by atoms with van der Waals surface area (Å²) >= 11 is 0. The number of hydroxylamine groups is 1. The zero-order valence-corrected chi connectivity index (χ0v) is 3.38.